The van der Waals surface area contributed by atoms with Crippen LogP contribution in [0.2, 0.25) is 0 Å². The van der Waals surface area contributed by atoms with Crippen LogP contribution in [-0.2, 0) is 16.2 Å². The summed E-state index contributed by atoms with van der Waals surface area (Å²) in [6.07, 6.45) is 0.726. The molecule has 2 saturated heterocycles. The van der Waals surface area contributed by atoms with Gasteiger partial charge in [-0.25, -0.2) is 0 Å². The van der Waals surface area contributed by atoms with Crippen molar-refractivity contribution in [2.75, 3.05) is 6.54 Å². The van der Waals surface area contributed by atoms with Gasteiger partial charge in [-0.15, -0.1) is 0 Å². The molecular weight excluding hydrogens is 324 g/mol. The van der Waals surface area contributed by atoms with Crippen LogP contribution in [0.1, 0.15) is 44.4 Å². The van der Waals surface area contributed by atoms with Gasteiger partial charge < -0.3 is 4.90 Å². The first-order chi connectivity index (χ1) is 12.4. The third-order valence-corrected chi connectivity index (χ3v) is 5.74. The van der Waals surface area contributed by atoms with Gasteiger partial charge in [0.2, 0.25) is 5.91 Å². The Bertz CT molecular complexity index is 794. The van der Waals surface area contributed by atoms with Crippen LogP contribution in [0.4, 0.5) is 0 Å². The van der Waals surface area contributed by atoms with E-state index < -0.39 is 5.54 Å². The van der Waals surface area contributed by atoms with Crippen LogP contribution in [0.3, 0.4) is 0 Å². The number of fused-ring (bicyclic) bond motifs is 2. The van der Waals surface area contributed by atoms with Crippen LogP contribution >= 0.6 is 0 Å². The summed E-state index contributed by atoms with van der Waals surface area (Å²) in [5, 5.41) is 1.91. The molecule has 0 aromatic heterocycles. The maximum atomic E-state index is 13.5. The number of benzene rings is 2. The number of nitrogens with zero attached hydrogens (tertiary/aromatic N) is 2. The highest BCUT2D eigenvalue weighted by molar-refractivity contribution is 5.88. The van der Waals surface area contributed by atoms with E-state index in [1.165, 1.54) is 0 Å². The number of carbonyl (C=O) groups excluding carboxylic acids is 1. The van der Waals surface area contributed by atoms with Crippen LogP contribution in [0, 0.1) is 0 Å². The fraction of sp³-hybridized carbons (Fsp3) is 0.409. The third-order valence-electron chi connectivity index (χ3n) is 5.74. The molecule has 2 bridgehead atoms. The van der Waals surface area contributed by atoms with E-state index in [4.69, 9.17) is 4.84 Å². The Morgan fingerprint density at radius 2 is 1.65 bits per heavy atom. The average Bonchev–Trinajstić information content (AvgIpc) is 2.87. The first kappa shape index (κ1) is 17.3. The smallest absolute Gasteiger partial charge is 0.245 e. The number of likely N-dealkylation sites (tertiary alicyclic amines) is 1. The maximum absolute atomic E-state index is 13.5. The molecule has 2 fully saturated rings. The second-order valence-corrected chi connectivity index (χ2v) is 8.03. The van der Waals surface area contributed by atoms with Gasteiger partial charge in [0.25, 0.3) is 0 Å². The van der Waals surface area contributed by atoms with E-state index in [0.29, 0.717) is 13.1 Å². The van der Waals surface area contributed by atoms with Gasteiger partial charge in [-0.05, 0) is 31.9 Å². The number of carbonyl (C=O) groups is 1. The summed E-state index contributed by atoms with van der Waals surface area (Å²) in [6, 6.07) is 20.5. The lowest BCUT2D eigenvalue weighted by Gasteiger charge is -2.43. The van der Waals surface area contributed by atoms with Gasteiger partial charge in [-0.2, -0.15) is 5.06 Å². The Labute approximate surface area is 155 Å². The van der Waals surface area contributed by atoms with Gasteiger partial charge in [0, 0.05) is 6.42 Å². The summed E-state index contributed by atoms with van der Waals surface area (Å²) in [6.45, 7) is 7.47. The van der Waals surface area contributed by atoms with E-state index in [1.54, 1.807) is 0 Å². The SMILES string of the molecule is C[C@@H](c1ccccc1)N1C[C@]2(C)C[C@](C)(C1=O)N(Cc1ccccc1)O2. The van der Waals surface area contributed by atoms with E-state index in [-0.39, 0.29) is 17.6 Å². The van der Waals surface area contributed by atoms with Gasteiger partial charge in [-0.1, -0.05) is 60.7 Å². The molecule has 1 amide bonds. The van der Waals surface area contributed by atoms with Crippen molar-refractivity contribution in [1.29, 1.82) is 0 Å². The zero-order valence-corrected chi connectivity index (χ0v) is 15.7. The molecule has 0 saturated carbocycles. The molecule has 2 aromatic carbocycles. The Hall–Kier alpha value is -2.17. The molecule has 26 heavy (non-hydrogen) atoms. The van der Waals surface area contributed by atoms with Gasteiger partial charge in [0.05, 0.1) is 19.1 Å². The summed E-state index contributed by atoms with van der Waals surface area (Å²) in [5.74, 6) is 0.153. The standard InChI is InChI=1S/C22H26N2O2/c1-17(19-12-8-5-9-13-19)23-16-21(2)15-22(3,20(23)25)24(26-21)14-18-10-6-4-7-11-18/h4-13,17H,14-16H2,1-3H3/t17-,21-,22+/m0/s1. The lowest BCUT2D eigenvalue weighted by molar-refractivity contribution is -0.210. The summed E-state index contributed by atoms with van der Waals surface area (Å²) < 4.78 is 0. The van der Waals surface area contributed by atoms with E-state index in [2.05, 4.69) is 38.1 Å². The molecule has 2 aromatic rings. The maximum Gasteiger partial charge on any atom is 0.245 e. The Kier molecular flexibility index (Phi) is 4.13. The molecule has 2 aliphatic heterocycles. The van der Waals surface area contributed by atoms with Crippen LogP contribution in [0.25, 0.3) is 0 Å². The summed E-state index contributed by atoms with van der Waals surface area (Å²) in [5.41, 5.74) is 1.33. The Morgan fingerprint density at radius 1 is 1.04 bits per heavy atom. The Balaban J connectivity index is 1.62. The normalized spacial score (nSPS) is 29.8. The zero-order chi connectivity index (χ0) is 18.4. The van der Waals surface area contributed by atoms with Crippen LogP contribution in [0.15, 0.2) is 60.7 Å². The van der Waals surface area contributed by atoms with Crippen LogP contribution in [0.5, 0.6) is 0 Å². The van der Waals surface area contributed by atoms with Gasteiger partial charge in [0.1, 0.15) is 11.1 Å². The number of hydroxylamine groups is 2. The van der Waals surface area contributed by atoms with E-state index >= 15 is 0 Å². The summed E-state index contributed by atoms with van der Waals surface area (Å²) >= 11 is 0. The molecule has 136 valence electrons. The highest BCUT2D eigenvalue weighted by atomic mass is 16.7. The quantitative estimate of drug-likeness (QED) is 0.837. The van der Waals surface area contributed by atoms with Crippen molar-refractivity contribution < 1.29 is 9.63 Å². The van der Waals surface area contributed by atoms with Crippen LogP contribution < -0.4 is 0 Å². The molecule has 0 N–H and O–H groups in total. The minimum atomic E-state index is -0.633. The van der Waals surface area contributed by atoms with Gasteiger partial charge in [0.15, 0.2) is 0 Å². The zero-order valence-electron chi connectivity index (χ0n) is 15.7. The summed E-state index contributed by atoms with van der Waals surface area (Å²) in [4.78, 5) is 21.8. The monoisotopic (exact) mass is 350 g/mol. The predicted molar refractivity (Wildman–Crippen MR) is 101 cm³/mol. The lowest BCUT2D eigenvalue weighted by atomic mass is 9.81. The van der Waals surface area contributed by atoms with Gasteiger partial charge >= 0.3 is 0 Å². The van der Waals surface area contributed by atoms with Crippen molar-refractivity contribution in [2.45, 2.75) is 50.9 Å². The summed E-state index contributed by atoms with van der Waals surface area (Å²) in [7, 11) is 0. The largest absolute Gasteiger partial charge is 0.331 e. The van der Waals surface area contributed by atoms with Crippen molar-refractivity contribution in [1.82, 2.24) is 9.96 Å². The minimum absolute atomic E-state index is 0.0305. The van der Waals surface area contributed by atoms with Crippen molar-refractivity contribution >= 4 is 5.91 Å². The Morgan fingerprint density at radius 3 is 2.31 bits per heavy atom. The van der Waals surface area contributed by atoms with Crippen molar-refractivity contribution in [2.24, 2.45) is 0 Å². The first-order valence-corrected chi connectivity index (χ1v) is 9.28. The second kappa shape index (κ2) is 6.22. The lowest BCUT2D eigenvalue weighted by Crippen LogP contribution is -2.59. The number of hydrogen-bond donors (Lipinski definition) is 0. The minimum Gasteiger partial charge on any atom is -0.331 e. The van der Waals surface area contributed by atoms with E-state index in [9.17, 15) is 4.79 Å². The molecule has 0 aliphatic carbocycles. The number of hydrogen-bond acceptors (Lipinski definition) is 3. The van der Waals surface area contributed by atoms with Gasteiger partial charge in [-0.3, -0.25) is 9.63 Å². The second-order valence-electron chi connectivity index (χ2n) is 8.03. The highest BCUT2D eigenvalue weighted by Crippen LogP contribution is 2.46. The fourth-order valence-electron chi connectivity index (χ4n) is 4.40. The topological polar surface area (TPSA) is 32.8 Å². The number of amides is 1. The van der Waals surface area contributed by atoms with Crippen LogP contribution in [-0.4, -0.2) is 33.6 Å². The first-order valence-electron chi connectivity index (χ1n) is 9.28. The molecule has 2 aliphatic rings. The van der Waals surface area contributed by atoms with Crippen molar-refractivity contribution in [3.05, 3.63) is 71.8 Å². The molecule has 0 radical (unpaired) electrons. The molecule has 4 rings (SSSR count). The number of rotatable bonds is 4. The molecule has 3 atom stereocenters. The third kappa shape index (κ3) is 2.83. The molecule has 0 unspecified atom stereocenters. The average molecular weight is 350 g/mol. The van der Waals surface area contributed by atoms with Crippen molar-refractivity contribution in [3.63, 3.8) is 0 Å². The fourth-order valence-corrected chi connectivity index (χ4v) is 4.40. The molecule has 0 spiro atoms. The predicted octanol–water partition coefficient (Wildman–Crippen LogP) is 3.94. The molecule has 4 nitrogen and oxygen atoms in total. The van der Waals surface area contributed by atoms with E-state index in [0.717, 1.165) is 17.5 Å². The molecule has 4 heteroatoms. The highest BCUT2D eigenvalue weighted by Gasteiger charge is 2.61. The molecule has 2 heterocycles. The molecular formula is C22H26N2O2. The van der Waals surface area contributed by atoms with E-state index in [1.807, 2.05) is 53.3 Å². The number of piperidine rings is 1. The van der Waals surface area contributed by atoms with Crippen molar-refractivity contribution in [3.8, 4) is 0 Å².